The van der Waals surface area contributed by atoms with Crippen LogP contribution >= 0.6 is 0 Å². The second-order valence-electron chi connectivity index (χ2n) is 13.3. The van der Waals surface area contributed by atoms with E-state index in [9.17, 15) is 14.7 Å². The normalized spacial score (nSPS) is 30.5. The second kappa shape index (κ2) is 15.6. The van der Waals surface area contributed by atoms with Crippen LogP contribution in [0.5, 0.6) is 0 Å². The molecule has 236 valence electrons. The maximum absolute atomic E-state index is 13.2. The van der Waals surface area contributed by atoms with Gasteiger partial charge in [0.1, 0.15) is 12.2 Å². The van der Waals surface area contributed by atoms with Crippen LogP contribution < -0.4 is 5.32 Å². The fraction of sp³-hybridized carbons (Fsp3) is 0.618. The average molecular weight is 602 g/mol. The molecule has 42 heavy (non-hydrogen) atoms. The van der Waals surface area contributed by atoms with Gasteiger partial charge < -0.3 is 29.4 Å². The highest BCUT2D eigenvalue weighted by Crippen LogP contribution is 2.39. The number of fused-ring (bicyclic) bond motifs is 2. The highest BCUT2D eigenvalue weighted by molar-refractivity contribution is 6.72. The van der Waals surface area contributed by atoms with Crippen LogP contribution in [0.1, 0.15) is 59.1 Å². The van der Waals surface area contributed by atoms with Crippen LogP contribution in [-0.4, -0.2) is 69.9 Å². The standard InChI is InChI=1S/C34H55NO6Si/c1-22-15-26-18-27(21-34(5,6)42(10,11)38)20-28(19-26)35-33(37)23(2)13-12-14-29(39-7)31(36)24(3)17-25(4)32(41-9)30(16-22)40-8/h12-14,17-20,22,25,29-32,36,38H,15-16,21H2,1-11H3,(H,35,37)/b14-12-,23-13+,24-17+/t22-,25+,29+,30+,31+,32-/m1/s1. The van der Waals surface area contributed by atoms with Crippen molar-refractivity contribution >= 4 is 19.9 Å². The van der Waals surface area contributed by atoms with E-state index in [1.807, 2.05) is 38.2 Å². The van der Waals surface area contributed by atoms with Gasteiger partial charge in [0.2, 0.25) is 0 Å². The summed E-state index contributed by atoms with van der Waals surface area (Å²) in [4.78, 5) is 24.1. The number of methoxy groups -OCH3 is 3. The molecule has 0 aromatic heterocycles. The number of ether oxygens (including phenoxy) is 3. The van der Waals surface area contributed by atoms with Gasteiger partial charge in [0.05, 0.1) is 12.2 Å². The summed E-state index contributed by atoms with van der Waals surface area (Å²) in [6.07, 6.45) is 7.74. The van der Waals surface area contributed by atoms with E-state index in [1.54, 1.807) is 46.5 Å². The Bertz CT molecular complexity index is 1140. The Kier molecular flexibility index (Phi) is 13.4. The molecule has 0 fully saturated rings. The van der Waals surface area contributed by atoms with Crippen LogP contribution in [0.3, 0.4) is 0 Å². The lowest BCUT2D eigenvalue weighted by atomic mass is 9.87. The summed E-state index contributed by atoms with van der Waals surface area (Å²) in [5.41, 5.74) is 4.26. The van der Waals surface area contributed by atoms with Crippen molar-refractivity contribution in [2.75, 3.05) is 26.6 Å². The molecule has 1 heterocycles. The molecule has 0 saturated heterocycles. The highest BCUT2D eigenvalue weighted by atomic mass is 28.4. The van der Waals surface area contributed by atoms with Crippen molar-refractivity contribution < 1.29 is 28.9 Å². The second-order valence-corrected chi connectivity index (χ2v) is 17.8. The average Bonchev–Trinajstić information content (AvgIpc) is 2.88. The molecular formula is C34H55NO6Si. The third kappa shape index (κ3) is 10.00. The predicted molar refractivity (Wildman–Crippen MR) is 174 cm³/mol. The fourth-order valence-electron chi connectivity index (χ4n) is 5.53. The van der Waals surface area contributed by atoms with Gasteiger partial charge in [-0.1, -0.05) is 58.1 Å². The van der Waals surface area contributed by atoms with Crippen LogP contribution in [0.2, 0.25) is 18.1 Å². The summed E-state index contributed by atoms with van der Waals surface area (Å²) in [5, 5.41) is 13.9. The van der Waals surface area contributed by atoms with Gasteiger partial charge in [-0.3, -0.25) is 4.79 Å². The van der Waals surface area contributed by atoms with Gasteiger partial charge in [0.15, 0.2) is 8.32 Å². The molecule has 3 N–H and O–H groups in total. The van der Waals surface area contributed by atoms with Crippen molar-refractivity contribution in [2.45, 2.75) is 103 Å². The van der Waals surface area contributed by atoms with Crippen LogP contribution in [-0.2, 0) is 31.8 Å². The third-order valence-electron chi connectivity index (χ3n) is 8.87. The molecule has 1 aromatic rings. The number of carbonyl (C=O) groups is 1. The van der Waals surface area contributed by atoms with E-state index in [2.05, 4.69) is 39.1 Å². The molecule has 1 aromatic carbocycles. The zero-order chi connectivity index (χ0) is 31.8. The minimum absolute atomic E-state index is 0.0162. The monoisotopic (exact) mass is 601 g/mol. The number of aliphatic hydroxyl groups excluding tert-OH is 1. The Morgan fingerprint density at radius 3 is 2.29 bits per heavy atom. The van der Waals surface area contributed by atoms with Gasteiger partial charge in [0.25, 0.3) is 5.91 Å². The third-order valence-corrected chi connectivity index (χ3v) is 12.4. The Hall–Kier alpha value is -2.07. The van der Waals surface area contributed by atoms with Crippen molar-refractivity contribution in [2.24, 2.45) is 11.8 Å². The van der Waals surface area contributed by atoms with Crippen molar-refractivity contribution in [3.8, 4) is 0 Å². The van der Waals surface area contributed by atoms with Crippen LogP contribution in [0.15, 0.2) is 53.6 Å². The number of allylic oxidation sites excluding steroid dienone is 2. The first-order chi connectivity index (χ1) is 19.5. The van der Waals surface area contributed by atoms with Gasteiger partial charge in [0, 0.05) is 38.5 Å². The lowest BCUT2D eigenvalue weighted by Gasteiger charge is -2.35. The lowest BCUT2D eigenvalue weighted by molar-refractivity contribution is -0.112. The molecule has 2 bridgehead atoms. The molecule has 7 nitrogen and oxygen atoms in total. The Balaban J connectivity index is 2.59. The van der Waals surface area contributed by atoms with E-state index in [0.717, 1.165) is 35.2 Å². The van der Waals surface area contributed by atoms with Gasteiger partial charge in [-0.2, -0.15) is 0 Å². The van der Waals surface area contributed by atoms with Gasteiger partial charge in [-0.15, -0.1) is 0 Å². The maximum atomic E-state index is 13.2. The molecule has 1 amide bonds. The molecule has 1 aliphatic heterocycles. The summed E-state index contributed by atoms with van der Waals surface area (Å²) in [5.74, 6) is 0.0425. The number of hydrogen-bond donors (Lipinski definition) is 3. The topological polar surface area (TPSA) is 97.2 Å². The minimum Gasteiger partial charge on any atom is -0.432 e. The number of anilines is 1. The molecule has 0 spiro atoms. The number of carbonyl (C=O) groups excluding carboxylic acids is 1. The molecule has 8 heteroatoms. The summed E-state index contributed by atoms with van der Waals surface area (Å²) in [7, 11) is 2.53. The lowest BCUT2D eigenvalue weighted by Crippen LogP contribution is -2.40. The number of nitrogens with one attached hydrogen (secondary N) is 1. The number of amides is 1. The molecule has 6 atom stereocenters. The van der Waals surface area contributed by atoms with Crippen molar-refractivity contribution in [1.82, 2.24) is 0 Å². The number of hydrogen-bond acceptors (Lipinski definition) is 6. The van der Waals surface area contributed by atoms with E-state index in [-0.39, 0.29) is 35.0 Å². The summed E-state index contributed by atoms with van der Waals surface area (Å²) in [6.45, 7) is 16.1. The van der Waals surface area contributed by atoms with E-state index >= 15 is 0 Å². The van der Waals surface area contributed by atoms with Crippen molar-refractivity contribution in [3.05, 3.63) is 64.8 Å². The molecule has 1 aliphatic rings. The van der Waals surface area contributed by atoms with Crippen LogP contribution in [0, 0.1) is 11.8 Å². The van der Waals surface area contributed by atoms with Gasteiger partial charge >= 0.3 is 0 Å². The van der Waals surface area contributed by atoms with Crippen LogP contribution in [0.4, 0.5) is 5.69 Å². The van der Waals surface area contributed by atoms with Crippen LogP contribution in [0.25, 0.3) is 0 Å². The Morgan fingerprint density at radius 2 is 1.71 bits per heavy atom. The van der Waals surface area contributed by atoms with E-state index in [1.165, 1.54) is 0 Å². The van der Waals surface area contributed by atoms with E-state index in [4.69, 9.17) is 14.2 Å². The molecule has 0 saturated carbocycles. The van der Waals surface area contributed by atoms with Crippen molar-refractivity contribution in [3.63, 3.8) is 0 Å². The van der Waals surface area contributed by atoms with Gasteiger partial charge in [-0.25, -0.2) is 0 Å². The summed E-state index contributed by atoms with van der Waals surface area (Å²) < 4.78 is 17.5. The van der Waals surface area contributed by atoms with Gasteiger partial charge in [-0.05, 0) is 86.0 Å². The van der Waals surface area contributed by atoms with Crippen molar-refractivity contribution in [1.29, 1.82) is 0 Å². The first-order valence-corrected chi connectivity index (χ1v) is 17.9. The Labute approximate surface area is 255 Å². The zero-order valence-corrected chi connectivity index (χ0v) is 28.7. The maximum Gasteiger partial charge on any atom is 0.251 e. The first kappa shape index (κ1) is 36.1. The van der Waals surface area contributed by atoms with E-state index in [0.29, 0.717) is 12.0 Å². The quantitative estimate of drug-likeness (QED) is 0.265. The minimum atomic E-state index is -2.44. The number of aliphatic hydroxyl groups is 1. The molecule has 0 aliphatic carbocycles. The summed E-state index contributed by atoms with van der Waals surface area (Å²) >= 11 is 0. The Morgan fingerprint density at radius 1 is 1.05 bits per heavy atom. The molecule has 0 radical (unpaired) electrons. The zero-order valence-electron chi connectivity index (χ0n) is 27.7. The predicted octanol–water partition coefficient (Wildman–Crippen LogP) is 6.22. The number of benzene rings is 1. The highest BCUT2D eigenvalue weighted by Gasteiger charge is 2.38. The van der Waals surface area contributed by atoms with E-state index < -0.39 is 20.5 Å². The molecular weight excluding hydrogens is 546 g/mol. The SMILES string of the molecule is CO[C@H]1[C@@H](OC)C[C@H](C)Cc2cc(CC(C)(C)[Si](C)(C)O)cc(c2)NC(=O)/C(C)=C/C=C\[C@H](OC)[C@@H](O)/C(C)=C/[C@@H]1C. The first-order valence-electron chi connectivity index (χ1n) is 15.0. The largest absolute Gasteiger partial charge is 0.432 e. The summed E-state index contributed by atoms with van der Waals surface area (Å²) in [6, 6.07) is 6.27. The fourth-order valence-corrected chi connectivity index (χ4v) is 6.16. The molecule has 0 unspecified atom stereocenters. The smallest absolute Gasteiger partial charge is 0.251 e. The molecule has 2 rings (SSSR count). The number of rotatable bonds is 6.